The molecule has 4 nitrogen and oxygen atoms in total. The Morgan fingerprint density at radius 2 is 1.95 bits per heavy atom. The van der Waals surface area contributed by atoms with Gasteiger partial charge >= 0.3 is 6.18 Å². The van der Waals surface area contributed by atoms with Crippen LogP contribution >= 0.6 is 24.8 Å². The molecule has 1 fully saturated rings. The molecule has 126 valence electrons. The number of amides is 1. The van der Waals surface area contributed by atoms with Crippen molar-refractivity contribution < 1.29 is 18.0 Å². The van der Waals surface area contributed by atoms with E-state index in [1.807, 2.05) is 0 Å². The van der Waals surface area contributed by atoms with Gasteiger partial charge in [0.15, 0.2) is 0 Å². The van der Waals surface area contributed by atoms with Crippen molar-refractivity contribution >= 4 is 42.1 Å². The van der Waals surface area contributed by atoms with Gasteiger partial charge in [0.2, 0.25) is 5.91 Å². The second-order valence-corrected chi connectivity index (χ2v) is 5.00. The molecule has 0 bridgehead atoms. The smallest absolute Gasteiger partial charge is 0.397 e. The van der Waals surface area contributed by atoms with Crippen molar-refractivity contribution in [1.29, 1.82) is 0 Å². The van der Waals surface area contributed by atoms with Crippen LogP contribution in [0.1, 0.15) is 12.5 Å². The Bertz CT molecular complexity index is 522. The minimum atomic E-state index is -4.46. The van der Waals surface area contributed by atoms with Crippen molar-refractivity contribution in [3.05, 3.63) is 23.8 Å². The summed E-state index contributed by atoms with van der Waals surface area (Å²) in [5, 5.41) is 5.53. The van der Waals surface area contributed by atoms with Crippen LogP contribution in [0.5, 0.6) is 0 Å². The summed E-state index contributed by atoms with van der Waals surface area (Å²) in [5.41, 5.74) is 4.90. The quantitative estimate of drug-likeness (QED) is 0.727. The third-order valence-corrected chi connectivity index (χ3v) is 3.57. The van der Waals surface area contributed by atoms with Crippen molar-refractivity contribution in [2.24, 2.45) is 11.8 Å². The minimum Gasteiger partial charge on any atom is -0.397 e. The van der Waals surface area contributed by atoms with Gasteiger partial charge < -0.3 is 16.4 Å². The van der Waals surface area contributed by atoms with Gasteiger partial charge in [-0.25, -0.2) is 0 Å². The predicted octanol–water partition coefficient (Wildman–Crippen LogP) is 2.93. The molecule has 1 aromatic carbocycles. The Labute approximate surface area is 138 Å². The number of nitrogens with one attached hydrogen (secondary N) is 2. The molecule has 4 N–H and O–H groups in total. The fraction of sp³-hybridized carbons (Fsp3) is 0.462. The molecule has 1 aromatic rings. The molecular formula is C13H18Cl2F3N3O. The molecule has 0 spiro atoms. The number of hydrogen-bond donors (Lipinski definition) is 3. The lowest BCUT2D eigenvalue weighted by Gasteiger charge is -2.31. The summed E-state index contributed by atoms with van der Waals surface area (Å²) < 4.78 is 37.9. The Morgan fingerprint density at radius 1 is 1.36 bits per heavy atom. The van der Waals surface area contributed by atoms with E-state index in [2.05, 4.69) is 10.6 Å². The zero-order valence-electron chi connectivity index (χ0n) is 11.7. The lowest BCUT2D eigenvalue weighted by Crippen LogP contribution is -2.48. The Kier molecular flexibility index (Phi) is 7.47. The molecule has 0 aliphatic carbocycles. The third-order valence-electron chi connectivity index (χ3n) is 3.57. The predicted molar refractivity (Wildman–Crippen MR) is 84.5 cm³/mol. The molecule has 2 rings (SSSR count). The second-order valence-electron chi connectivity index (χ2n) is 5.00. The van der Waals surface area contributed by atoms with Crippen LogP contribution in [0, 0.1) is 11.8 Å². The minimum absolute atomic E-state index is 0. The van der Waals surface area contributed by atoms with Crippen LogP contribution in [0.15, 0.2) is 18.2 Å². The summed E-state index contributed by atoms with van der Waals surface area (Å²) in [4.78, 5) is 12.0. The average Bonchev–Trinajstić information content (AvgIpc) is 2.28. The normalized spacial score (nSPS) is 15.8. The average molecular weight is 360 g/mol. The summed E-state index contributed by atoms with van der Waals surface area (Å²) in [5.74, 6) is -0.380. The highest BCUT2D eigenvalue weighted by Crippen LogP contribution is 2.33. The number of nitrogen functional groups attached to an aromatic ring is 1. The summed E-state index contributed by atoms with van der Waals surface area (Å²) in [7, 11) is 0. The molecule has 0 aromatic heterocycles. The molecule has 0 saturated carbocycles. The Morgan fingerprint density at radius 3 is 2.41 bits per heavy atom. The van der Waals surface area contributed by atoms with E-state index in [0.717, 1.165) is 31.3 Å². The van der Waals surface area contributed by atoms with Crippen LogP contribution in [-0.2, 0) is 11.0 Å². The van der Waals surface area contributed by atoms with Crippen LogP contribution < -0.4 is 16.4 Å². The fourth-order valence-electron chi connectivity index (χ4n) is 1.97. The first-order valence-electron chi connectivity index (χ1n) is 6.27. The molecule has 1 aliphatic heterocycles. The van der Waals surface area contributed by atoms with Gasteiger partial charge in [-0.1, -0.05) is 6.92 Å². The molecule has 0 radical (unpaired) electrons. The Balaban J connectivity index is 0.00000220. The number of halogens is 5. The molecular weight excluding hydrogens is 342 g/mol. The van der Waals surface area contributed by atoms with Gasteiger partial charge in [-0.05, 0) is 37.2 Å². The van der Waals surface area contributed by atoms with Gasteiger partial charge in [0.1, 0.15) is 0 Å². The SMILES string of the molecule is CC(C(=O)Nc1cc(C(F)(F)F)ccc1N)C1CNC1.Cl.Cl. The zero-order chi connectivity index (χ0) is 14.9. The van der Waals surface area contributed by atoms with Gasteiger partial charge in [0.05, 0.1) is 16.9 Å². The van der Waals surface area contributed by atoms with E-state index in [1.54, 1.807) is 6.92 Å². The van der Waals surface area contributed by atoms with E-state index in [1.165, 1.54) is 0 Å². The summed E-state index contributed by atoms with van der Waals surface area (Å²) in [6, 6.07) is 2.90. The maximum atomic E-state index is 12.6. The molecule has 22 heavy (non-hydrogen) atoms. The van der Waals surface area contributed by atoms with Crippen LogP contribution in [0.3, 0.4) is 0 Å². The first kappa shape index (κ1) is 20.8. The van der Waals surface area contributed by atoms with Gasteiger partial charge in [-0.15, -0.1) is 24.8 Å². The van der Waals surface area contributed by atoms with E-state index < -0.39 is 11.7 Å². The number of carbonyl (C=O) groups excluding carboxylic acids is 1. The van der Waals surface area contributed by atoms with Crippen molar-refractivity contribution in [3.8, 4) is 0 Å². The van der Waals surface area contributed by atoms with E-state index in [4.69, 9.17) is 5.73 Å². The maximum Gasteiger partial charge on any atom is 0.416 e. The molecule has 1 amide bonds. The zero-order valence-corrected chi connectivity index (χ0v) is 13.4. The summed E-state index contributed by atoms with van der Waals surface area (Å²) >= 11 is 0. The van der Waals surface area contributed by atoms with Crippen molar-refractivity contribution in [3.63, 3.8) is 0 Å². The van der Waals surface area contributed by atoms with Crippen LogP contribution in [0.4, 0.5) is 24.5 Å². The second kappa shape index (κ2) is 7.89. The van der Waals surface area contributed by atoms with Gasteiger partial charge in [0, 0.05) is 5.92 Å². The highest BCUT2D eigenvalue weighted by molar-refractivity contribution is 5.95. The van der Waals surface area contributed by atoms with Gasteiger partial charge in [-0.2, -0.15) is 13.2 Å². The molecule has 9 heteroatoms. The third kappa shape index (κ3) is 4.66. The number of nitrogens with two attached hydrogens (primary N) is 1. The number of benzene rings is 1. The lowest BCUT2D eigenvalue weighted by atomic mass is 9.88. The summed E-state index contributed by atoms with van der Waals surface area (Å²) in [6.45, 7) is 3.24. The number of carbonyl (C=O) groups is 1. The standard InChI is InChI=1S/C13H16F3N3O.2ClH/c1-7(8-5-18-6-8)12(20)19-11-4-9(13(14,15)16)2-3-10(11)17;;/h2-4,7-8,18H,5-6,17H2,1H3,(H,19,20);2*1H. The number of rotatable bonds is 3. The van der Waals surface area contributed by atoms with Crippen molar-refractivity contribution in [2.75, 3.05) is 24.1 Å². The van der Waals surface area contributed by atoms with Crippen molar-refractivity contribution in [1.82, 2.24) is 5.32 Å². The van der Waals surface area contributed by atoms with Crippen LogP contribution in [0.2, 0.25) is 0 Å². The molecule has 1 atom stereocenters. The first-order chi connectivity index (χ1) is 9.29. The highest BCUT2D eigenvalue weighted by atomic mass is 35.5. The molecule has 1 heterocycles. The number of alkyl halides is 3. The number of hydrogen-bond acceptors (Lipinski definition) is 3. The maximum absolute atomic E-state index is 12.6. The van der Waals surface area contributed by atoms with Crippen molar-refractivity contribution in [2.45, 2.75) is 13.1 Å². The number of anilines is 2. The first-order valence-corrected chi connectivity index (χ1v) is 6.27. The lowest BCUT2D eigenvalue weighted by molar-refractivity contribution is -0.137. The molecule has 1 unspecified atom stereocenters. The highest BCUT2D eigenvalue weighted by Gasteiger charge is 2.32. The van der Waals surface area contributed by atoms with E-state index in [-0.39, 0.29) is 53.9 Å². The van der Waals surface area contributed by atoms with Crippen LogP contribution in [0.25, 0.3) is 0 Å². The fourth-order valence-corrected chi connectivity index (χ4v) is 1.97. The van der Waals surface area contributed by atoms with Gasteiger partial charge in [0.25, 0.3) is 0 Å². The molecule has 1 saturated heterocycles. The molecule has 1 aliphatic rings. The van der Waals surface area contributed by atoms with Gasteiger partial charge in [-0.3, -0.25) is 4.79 Å². The van der Waals surface area contributed by atoms with E-state index in [9.17, 15) is 18.0 Å². The van der Waals surface area contributed by atoms with E-state index >= 15 is 0 Å². The summed E-state index contributed by atoms with van der Waals surface area (Å²) in [6.07, 6.45) is -4.46. The Hall–Kier alpha value is -1.18. The van der Waals surface area contributed by atoms with Crippen LogP contribution in [-0.4, -0.2) is 19.0 Å². The topological polar surface area (TPSA) is 67.2 Å². The largest absolute Gasteiger partial charge is 0.416 e. The van der Waals surface area contributed by atoms with E-state index in [0.29, 0.717) is 0 Å². The monoisotopic (exact) mass is 359 g/mol.